The van der Waals surface area contributed by atoms with Crippen LogP contribution in [0.3, 0.4) is 0 Å². The molecule has 56 heavy (non-hydrogen) atoms. The Hall–Kier alpha value is -3.66. The van der Waals surface area contributed by atoms with E-state index in [1.165, 1.54) is 20.3 Å². The molecule has 312 valence electrons. The second-order valence-electron chi connectivity index (χ2n) is 12.1. The number of carbonyl (C=O) groups is 4. The number of methoxy groups -OCH3 is 2. The zero-order valence-electron chi connectivity index (χ0n) is 31.3. The maximum Gasteiger partial charge on any atom is 0.331 e. The number of rotatable bonds is 24. The molecule has 2 aromatic carbocycles. The fourth-order valence-electron chi connectivity index (χ4n) is 5.16. The number of esters is 1. The molecule has 18 nitrogen and oxygen atoms in total. The number of hydrogen-bond donors (Lipinski definition) is 6. The molecule has 0 aliphatic carbocycles. The zero-order valence-corrected chi connectivity index (χ0v) is 32.8. The van der Waals surface area contributed by atoms with Crippen LogP contribution in [0.1, 0.15) is 31.8 Å². The van der Waals surface area contributed by atoms with E-state index in [0.717, 1.165) is 0 Å². The summed E-state index contributed by atoms with van der Waals surface area (Å²) in [6.07, 6.45) is -5.25. The number of nitrogens with one attached hydrogen (secondary N) is 3. The van der Waals surface area contributed by atoms with Gasteiger partial charge in [0.25, 0.3) is 11.8 Å². The first kappa shape index (κ1) is 46.7. The summed E-state index contributed by atoms with van der Waals surface area (Å²) in [5.74, 6) is -1.70. The van der Waals surface area contributed by atoms with Crippen LogP contribution in [0.4, 0.5) is 0 Å². The third-order valence-corrected chi connectivity index (χ3v) is 8.91. The second-order valence-corrected chi connectivity index (χ2v) is 12.9. The molecule has 2 aromatic rings. The lowest BCUT2D eigenvalue weighted by Gasteiger charge is -2.41. The van der Waals surface area contributed by atoms with Crippen LogP contribution < -0.4 is 20.7 Å². The Labute approximate surface area is 333 Å². The summed E-state index contributed by atoms with van der Waals surface area (Å²) >= 11 is 13.1. The predicted molar refractivity (Wildman–Crippen MR) is 199 cm³/mol. The van der Waals surface area contributed by atoms with Crippen LogP contribution in [0.15, 0.2) is 30.3 Å². The van der Waals surface area contributed by atoms with Gasteiger partial charge in [-0.15, -0.1) is 0 Å². The molecule has 0 spiro atoms. The van der Waals surface area contributed by atoms with E-state index in [-0.39, 0.29) is 106 Å². The first-order chi connectivity index (χ1) is 26.9. The van der Waals surface area contributed by atoms with E-state index in [0.29, 0.717) is 16.7 Å². The van der Waals surface area contributed by atoms with Gasteiger partial charge in [-0.25, -0.2) is 4.79 Å². The van der Waals surface area contributed by atoms with Gasteiger partial charge in [-0.1, -0.05) is 35.3 Å². The summed E-state index contributed by atoms with van der Waals surface area (Å²) in [5, 5.41) is 38.4. The smallest absolute Gasteiger partial charge is 0.331 e. The van der Waals surface area contributed by atoms with E-state index in [2.05, 4.69) is 20.7 Å². The Balaban J connectivity index is 1.36. The molecule has 1 aliphatic heterocycles. The van der Waals surface area contributed by atoms with Crippen LogP contribution in [-0.4, -0.2) is 156 Å². The average molecular weight is 835 g/mol. The van der Waals surface area contributed by atoms with E-state index in [4.69, 9.17) is 56.4 Å². The molecule has 20 heteroatoms. The highest BCUT2D eigenvalue weighted by Crippen LogP contribution is 2.38. The molecule has 1 heterocycles. The maximum absolute atomic E-state index is 13.3. The van der Waals surface area contributed by atoms with E-state index in [9.17, 15) is 34.5 Å². The van der Waals surface area contributed by atoms with Crippen molar-refractivity contribution < 1.29 is 72.4 Å². The standard InChI is InChI=1S/C36H49Cl2N3O15/c1-21-24(35(48)41-30-32(46)31(45)26(17-42)56-36(30)50-3)16-25(37)33(29(21)38)55-18-22-5-4-6-23(15-22)34(47)40-8-10-52-11-13-53-19-27(43)39-7-9-51-12-14-54-20-28(44)49-2/h4-6,15-16,26,30-32,36,42,45-46H,7-14,17-20H2,1-3H3,(H,39,43)(H,40,47)(H,41,48)/t26?,30-,31-,32?,36+/m1/s1. The van der Waals surface area contributed by atoms with Gasteiger partial charge in [0.15, 0.2) is 12.0 Å². The highest BCUT2D eigenvalue weighted by atomic mass is 35.5. The molecule has 1 fully saturated rings. The monoisotopic (exact) mass is 833 g/mol. The van der Waals surface area contributed by atoms with Gasteiger partial charge in [0, 0.05) is 31.3 Å². The molecule has 1 saturated heterocycles. The fourth-order valence-corrected chi connectivity index (χ4v) is 5.72. The molecule has 1 aliphatic rings. The van der Waals surface area contributed by atoms with E-state index >= 15 is 0 Å². The summed E-state index contributed by atoms with van der Waals surface area (Å²) in [5.41, 5.74) is 1.40. The minimum Gasteiger partial charge on any atom is -0.486 e. The number of carbonyl (C=O) groups excluding carboxylic acids is 4. The summed E-state index contributed by atoms with van der Waals surface area (Å²) in [6, 6.07) is 6.88. The highest BCUT2D eigenvalue weighted by molar-refractivity contribution is 6.38. The van der Waals surface area contributed by atoms with Crippen LogP contribution in [0, 0.1) is 6.92 Å². The number of ether oxygens (including phenoxy) is 8. The minimum absolute atomic E-state index is 0.0132. The molecule has 0 radical (unpaired) electrons. The lowest BCUT2D eigenvalue weighted by molar-refractivity contribution is -0.261. The third kappa shape index (κ3) is 14.7. The molecule has 0 aromatic heterocycles. The lowest BCUT2D eigenvalue weighted by atomic mass is 9.96. The molecule has 0 bridgehead atoms. The van der Waals surface area contributed by atoms with Gasteiger partial charge >= 0.3 is 5.97 Å². The Bertz CT molecular complexity index is 1580. The van der Waals surface area contributed by atoms with Gasteiger partial charge in [0.2, 0.25) is 5.91 Å². The fraction of sp³-hybridized carbons (Fsp3) is 0.556. The van der Waals surface area contributed by atoms with E-state index < -0.39 is 49.1 Å². The topological polar surface area (TPSA) is 239 Å². The third-order valence-electron chi connectivity index (χ3n) is 8.17. The van der Waals surface area contributed by atoms with Crippen LogP contribution in [0.5, 0.6) is 5.75 Å². The van der Waals surface area contributed by atoms with Crippen molar-refractivity contribution in [2.45, 2.75) is 44.2 Å². The molecule has 5 atom stereocenters. The minimum atomic E-state index is -1.51. The predicted octanol–water partition coefficient (Wildman–Crippen LogP) is 0.150. The highest BCUT2D eigenvalue weighted by Gasteiger charge is 2.45. The number of aliphatic hydroxyl groups excluding tert-OH is 3. The van der Waals surface area contributed by atoms with Crippen molar-refractivity contribution in [3.05, 3.63) is 62.6 Å². The maximum atomic E-state index is 13.3. The van der Waals surface area contributed by atoms with Crippen LogP contribution >= 0.6 is 23.2 Å². The van der Waals surface area contributed by atoms with Crippen LogP contribution in [0.25, 0.3) is 0 Å². The average Bonchev–Trinajstić information content (AvgIpc) is 3.19. The van der Waals surface area contributed by atoms with Crippen molar-refractivity contribution in [2.75, 3.05) is 86.8 Å². The first-order valence-corrected chi connectivity index (χ1v) is 18.3. The number of halogens is 2. The van der Waals surface area contributed by atoms with Gasteiger partial charge in [0.05, 0.1) is 63.4 Å². The normalized spacial score (nSPS) is 19.2. The summed E-state index contributed by atoms with van der Waals surface area (Å²) in [7, 11) is 2.56. The number of benzene rings is 2. The van der Waals surface area contributed by atoms with Crippen molar-refractivity contribution in [1.82, 2.24) is 16.0 Å². The van der Waals surface area contributed by atoms with Crippen molar-refractivity contribution in [3.8, 4) is 5.75 Å². The van der Waals surface area contributed by atoms with Crippen molar-refractivity contribution in [1.29, 1.82) is 0 Å². The second kappa shape index (κ2) is 24.9. The van der Waals surface area contributed by atoms with Crippen molar-refractivity contribution in [3.63, 3.8) is 0 Å². The molecule has 3 amide bonds. The Morgan fingerprint density at radius 2 is 1.50 bits per heavy atom. The van der Waals surface area contributed by atoms with Gasteiger partial charge in [-0.3, -0.25) is 14.4 Å². The van der Waals surface area contributed by atoms with Crippen molar-refractivity contribution in [2.24, 2.45) is 0 Å². The van der Waals surface area contributed by atoms with Crippen LogP contribution in [-0.2, 0) is 49.4 Å². The molecule has 2 unspecified atom stereocenters. The number of amides is 3. The van der Waals surface area contributed by atoms with Gasteiger partial charge in [0.1, 0.15) is 44.2 Å². The Kier molecular flexibility index (Phi) is 20.7. The molecular weight excluding hydrogens is 785 g/mol. The molecule has 3 rings (SSSR count). The quantitative estimate of drug-likeness (QED) is 0.0610. The van der Waals surface area contributed by atoms with Gasteiger partial charge in [-0.05, 0) is 36.2 Å². The Morgan fingerprint density at radius 3 is 2.16 bits per heavy atom. The molecule has 6 N–H and O–H groups in total. The Morgan fingerprint density at radius 1 is 0.839 bits per heavy atom. The van der Waals surface area contributed by atoms with Gasteiger partial charge < -0.3 is 69.2 Å². The van der Waals surface area contributed by atoms with Crippen LogP contribution in [0.2, 0.25) is 10.0 Å². The zero-order chi connectivity index (χ0) is 41.0. The largest absolute Gasteiger partial charge is 0.486 e. The summed E-state index contributed by atoms with van der Waals surface area (Å²) in [6.45, 7) is 2.56. The molecule has 0 saturated carbocycles. The number of hydrogen-bond acceptors (Lipinski definition) is 15. The SMILES string of the molecule is COC(=O)COCCOCCNC(=O)COCCOCCNC(=O)c1cccc(COc2c(Cl)cc(C(=O)N[C@@H]3C(O)[C@H](O)C(CO)O[C@@H]3OC)c(C)c2Cl)c1. The van der Waals surface area contributed by atoms with Gasteiger partial charge in [-0.2, -0.15) is 0 Å². The van der Waals surface area contributed by atoms with E-state index in [1.54, 1.807) is 31.2 Å². The summed E-state index contributed by atoms with van der Waals surface area (Å²) in [4.78, 5) is 48.8. The number of aliphatic hydroxyl groups is 3. The summed E-state index contributed by atoms with van der Waals surface area (Å²) < 4.78 is 42.1. The van der Waals surface area contributed by atoms with E-state index in [1.807, 2.05) is 0 Å². The molecular formula is C36H49Cl2N3O15. The van der Waals surface area contributed by atoms with Crippen molar-refractivity contribution >= 4 is 46.9 Å². The lowest BCUT2D eigenvalue weighted by Crippen LogP contribution is -2.64. The first-order valence-electron chi connectivity index (χ1n) is 17.5.